The number of nitrogens with one attached hydrogen (secondary N) is 2. The second-order valence-corrected chi connectivity index (χ2v) is 7.42. The van der Waals surface area contributed by atoms with Crippen molar-refractivity contribution >= 4 is 21.1 Å². The number of nitrogens with zero attached hydrogens (tertiary/aromatic N) is 1. The van der Waals surface area contributed by atoms with Crippen LogP contribution < -0.4 is 19.9 Å². The van der Waals surface area contributed by atoms with Gasteiger partial charge >= 0.3 is 5.69 Å². The molecule has 1 aromatic heterocycles. The van der Waals surface area contributed by atoms with E-state index in [1.807, 2.05) is 0 Å². The van der Waals surface area contributed by atoms with Crippen molar-refractivity contribution < 1.29 is 22.3 Å². The minimum atomic E-state index is -3.78. The summed E-state index contributed by atoms with van der Waals surface area (Å²) in [6.45, 7) is 0.131. The topological polar surface area (TPSA) is 102 Å². The lowest BCUT2D eigenvalue weighted by Gasteiger charge is -2.08. The zero-order valence-electron chi connectivity index (χ0n) is 13.4. The van der Waals surface area contributed by atoms with Gasteiger partial charge in [-0.25, -0.2) is 22.3 Å². The van der Waals surface area contributed by atoms with Gasteiger partial charge in [0.2, 0.25) is 16.8 Å². The Bertz CT molecular complexity index is 1150. The number of hydrogen-bond donors (Lipinski definition) is 2. The van der Waals surface area contributed by atoms with Gasteiger partial charge in [-0.2, -0.15) is 0 Å². The van der Waals surface area contributed by atoms with E-state index < -0.39 is 21.5 Å². The number of imidazole rings is 1. The van der Waals surface area contributed by atoms with Gasteiger partial charge in [-0.05, 0) is 30.3 Å². The summed E-state index contributed by atoms with van der Waals surface area (Å²) < 4.78 is 52.1. The fourth-order valence-corrected chi connectivity index (χ4v) is 3.81. The highest BCUT2D eigenvalue weighted by molar-refractivity contribution is 7.89. The van der Waals surface area contributed by atoms with E-state index >= 15 is 0 Å². The first-order valence-corrected chi connectivity index (χ1v) is 9.20. The molecule has 2 N–H and O–H groups in total. The van der Waals surface area contributed by atoms with E-state index in [2.05, 4.69) is 9.71 Å². The van der Waals surface area contributed by atoms with Crippen LogP contribution in [0.1, 0.15) is 0 Å². The number of halogens is 1. The molecule has 1 aliphatic rings. The fourth-order valence-electron chi connectivity index (χ4n) is 2.78. The molecule has 4 rings (SSSR count). The lowest BCUT2D eigenvalue weighted by Crippen LogP contribution is -2.30. The first-order chi connectivity index (χ1) is 12.4. The quantitative estimate of drug-likeness (QED) is 0.693. The molecule has 0 saturated heterocycles. The van der Waals surface area contributed by atoms with Crippen molar-refractivity contribution in [3.05, 3.63) is 52.7 Å². The summed E-state index contributed by atoms with van der Waals surface area (Å²) >= 11 is 0. The van der Waals surface area contributed by atoms with Gasteiger partial charge in [0.1, 0.15) is 5.82 Å². The largest absolute Gasteiger partial charge is 0.454 e. The monoisotopic (exact) mass is 379 g/mol. The van der Waals surface area contributed by atoms with Crippen LogP contribution >= 0.6 is 0 Å². The van der Waals surface area contributed by atoms with Crippen LogP contribution in [-0.4, -0.2) is 31.3 Å². The maximum atomic E-state index is 13.2. The van der Waals surface area contributed by atoms with Crippen LogP contribution in [0.5, 0.6) is 11.5 Å². The number of rotatable bonds is 5. The van der Waals surface area contributed by atoms with Crippen LogP contribution in [0, 0.1) is 5.82 Å². The SMILES string of the molecule is O=c1[nH]c2cc(F)ccc2n1CCNS(=O)(=O)c1ccc2c(c1)OCO2. The van der Waals surface area contributed by atoms with Crippen molar-refractivity contribution in [2.45, 2.75) is 11.4 Å². The number of sulfonamides is 1. The minimum absolute atomic E-state index is 0.0129. The standard InChI is InChI=1S/C16H14FN3O5S/c17-10-1-3-13-12(7-10)19-16(21)20(13)6-5-18-26(22,23)11-2-4-14-15(8-11)25-9-24-14/h1-4,7-8,18H,5-6,9H2,(H,19,21). The number of ether oxygens (including phenoxy) is 2. The summed E-state index contributed by atoms with van der Waals surface area (Å²) in [6.07, 6.45) is 0. The number of fused-ring (bicyclic) bond motifs is 2. The van der Waals surface area contributed by atoms with E-state index in [0.717, 1.165) is 0 Å². The Kier molecular flexibility index (Phi) is 3.93. The summed E-state index contributed by atoms with van der Waals surface area (Å²) in [4.78, 5) is 14.6. The Hall–Kier alpha value is -2.85. The lowest BCUT2D eigenvalue weighted by atomic mass is 10.3. The Labute approximate surface area is 147 Å². The summed E-state index contributed by atoms with van der Waals surface area (Å²) in [7, 11) is -3.78. The highest BCUT2D eigenvalue weighted by Crippen LogP contribution is 2.33. The zero-order valence-corrected chi connectivity index (χ0v) is 14.2. The first-order valence-electron chi connectivity index (χ1n) is 7.71. The molecular formula is C16H14FN3O5S. The Morgan fingerprint density at radius 1 is 1.15 bits per heavy atom. The summed E-state index contributed by atoms with van der Waals surface area (Å²) in [6, 6.07) is 8.24. The number of benzene rings is 2. The van der Waals surface area contributed by atoms with Crippen molar-refractivity contribution in [2.75, 3.05) is 13.3 Å². The molecule has 26 heavy (non-hydrogen) atoms. The maximum absolute atomic E-state index is 13.2. The van der Waals surface area contributed by atoms with Crippen LogP contribution in [0.25, 0.3) is 11.0 Å². The molecule has 0 atom stereocenters. The molecule has 1 aliphatic heterocycles. The molecule has 0 amide bonds. The molecule has 0 saturated carbocycles. The van der Waals surface area contributed by atoms with Gasteiger partial charge in [0, 0.05) is 19.2 Å². The summed E-state index contributed by atoms with van der Waals surface area (Å²) in [5.41, 5.74) is 0.417. The number of H-pyrrole nitrogens is 1. The molecule has 2 aromatic carbocycles. The van der Waals surface area contributed by atoms with Gasteiger partial charge in [0.05, 0.1) is 15.9 Å². The third-order valence-electron chi connectivity index (χ3n) is 4.02. The summed E-state index contributed by atoms with van der Waals surface area (Å²) in [5.74, 6) is 0.388. The predicted octanol–water partition coefficient (Wildman–Crippen LogP) is 1.18. The molecule has 0 radical (unpaired) electrons. The molecule has 0 unspecified atom stereocenters. The molecule has 136 valence electrons. The van der Waals surface area contributed by atoms with Gasteiger partial charge in [-0.15, -0.1) is 0 Å². The second kappa shape index (κ2) is 6.15. The lowest BCUT2D eigenvalue weighted by molar-refractivity contribution is 0.174. The molecule has 0 aliphatic carbocycles. The van der Waals surface area contributed by atoms with Crippen molar-refractivity contribution in [2.24, 2.45) is 0 Å². The van der Waals surface area contributed by atoms with Gasteiger partial charge < -0.3 is 14.5 Å². The van der Waals surface area contributed by atoms with Crippen molar-refractivity contribution in [3.63, 3.8) is 0 Å². The van der Waals surface area contributed by atoms with Crippen LogP contribution in [0.15, 0.2) is 46.1 Å². The van der Waals surface area contributed by atoms with E-state index in [-0.39, 0.29) is 24.8 Å². The Balaban J connectivity index is 1.51. The number of hydrogen-bond acceptors (Lipinski definition) is 5. The highest BCUT2D eigenvalue weighted by atomic mass is 32.2. The van der Waals surface area contributed by atoms with Gasteiger partial charge in [0.15, 0.2) is 11.5 Å². The van der Waals surface area contributed by atoms with Gasteiger partial charge in [-0.3, -0.25) is 4.57 Å². The van der Waals surface area contributed by atoms with Crippen molar-refractivity contribution in [1.82, 2.24) is 14.3 Å². The molecular weight excluding hydrogens is 365 g/mol. The van der Waals surface area contributed by atoms with E-state index in [9.17, 15) is 17.6 Å². The van der Waals surface area contributed by atoms with E-state index in [1.54, 1.807) is 0 Å². The third kappa shape index (κ3) is 2.93. The highest BCUT2D eigenvalue weighted by Gasteiger charge is 2.20. The normalized spacial score (nSPS) is 13.4. The Morgan fingerprint density at radius 3 is 2.81 bits per heavy atom. The van der Waals surface area contributed by atoms with Crippen LogP contribution in [0.4, 0.5) is 4.39 Å². The van der Waals surface area contributed by atoms with Gasteiger partial charge in [-0.1, -0.05) is 0 Å². The molecule has 8 nitrogen and oxygen atoms in total. The summed E-state index contributed by atoms with van der Waals surface area (Å²) in [5, 5.41) is 0. The minimum Gasteiger partial charge on any atom is -0.454 e. The molecule has 0 spiro atoms. The molecule has 2 heterocycles. The van der Waals surface area contributed by atoms with E-state index in [0.29, 0.717) is 22.5 Å². The molecule has 3 aromatic rings. The first kappa shape index (κ1) is 16.6. The Morgan fingerprint density at radius 2 is 1.96 bits per heavy atom. The fraction of sp³-hybridized carbons (Fsp3) is 0.188. The van der Waals surface area contributed by atoms with Crippen LogP contribution in [0.3, 0.4) is 0 Å². The van der Waals surface area contributed by atoms with E-state index in [4.69, 9.17) is 9.47 Å². The average Bonchev–Trinajstić information content (AvgIpc) is 3.18. The van der Waals surface area contributed by atoms with Crippen molar-refractivity contribution in [3.8, 4) is 11.5 Å². The van der Waals surface area contributed by atoms with Crippen LogP contribution in [0.2, 0.25) is 0 Å². The molecule has 0 bridgehead atoms. The average molecular weight is 379 g/mol. The van der Waals surface area contributed by atoms with E-state index in [1.165, 1.54) is 41.0 Å². The number of aromatic amines is 1. The molecule has 0 fully saturated rings. The van der Waals surface area contributed by atoms with Gasteiger partial charge in [0.25, 0.3) is 0 Å². The second-order valence-electron chi connectivity index (χ2n) is 5.66. The third-order valence-corrected chi connectivity index (χ3v) is 5.48. The van der Waals surface area contributed by atoms with Crippen LogP contribution in [-0.2, 0) is 16.6 Å². The van der Waals surface area contributed by atoms with Crippen molar-refractivity contribution in [1.29, 1.82) is 0 Å². The zero-order chi connectivity index (χ0) is 18.3. The molecule has 10 heteroatoms. The number of aromatic nitrogens is 2. The predicted molar refractivity (Wildman–Crippen MR) is 90.3 cm³/mol. The smallest absolute Gasteiger partial charge is 0.326 e. The maximum Gasteiger partial charge on any atom is 0.326 e.